The molecule has 2 heterocycles. The Labute approximate surface area is 101 Å². The predicted molar refractivity (Wildman–Crippen MR) is 62.4 cm³/mol. The summed E-state index contributed by atoms with van der Waals surface area (Å²) in [5, 5.41) is 14.0. The number of hydrogen-bond acceptors (Lipinski definition) is 5. The summed E-state index contributed by atoms with van der Waals surface area (Å²) in [6.45, 7) is 1.98. The third kappa shape index (κ3) is 2.70. The van der Waals surface area contributed by atoms with Crippen molar-refractivity contribution in [3.8, 4) is 0 Å². The fourth-order valence-corrected chi connectivity index (χ4v) is 3.03. The molecule has 0 N–H and O–H groups in total. The minimum absolute atomic E-state index is 0.492. The van der Waals surface area contributed by atoms with Crippen molar-refractivity contribution in [1.29, 1.82) is 0 Å². The van der Waals surface area contributed by atoms with Gasteiger partial charge in [-0.2, -0.15) is 5.10 Å². The highest BCUT2D eigenvalue weighted by Gasteiger charge is 2.06. The van der Waals surface area contributed by atoms with E-state index in [4.69, 9.17) is 11.6 Å². The molecule has 0 saturated carbocycles. The van der Waals surface area contributed by atoms with E-state index in [9.17, 15) is 0 Å². The van der Waals surface area contributed by atoms with E-state index in [1.165, 1.54) is 11.3 Å². The van der Waals surface area contributed by atoms with E-state index in [1.807, 2.05) is 24.7 Å². The van der Waals surface area contributed by atoms with Gasteiger partial charge >= 0.3 is 0 Å². The van der Waals surface area contributed by atoms with Crippen molar-refractivity contribution >= 4 is 34.7 Å². The molecule has 4 nitrogen and oxygen atoms in total. The van der Waals surface area contributed by atoms with Gasteiger partial charge in [0.15, 0.2) is 0 Å². The highest BCUT2D eigenvalue weighted by molar-refractivity contribution is 7.98. The number of halogens is 1. The van der Waals surface area contributed by atoms with Crippen LogP contribution >= 0.6 is 34.7 Å². The van der Waals surface area contributed by atoms with Gasteiger partial charge in [0.05, 0.1) is 16.5 Å². The molecule has 0 spiro atoms. The van der Waals surface area contributed by atoms with Crippen molar-refractivity contribution in [2.45, 2.75) is 17.7 Å². The lowest BCUT2D eigenvalue weighted by Crippen LogP contribution is -1.92. The van der Waals surface area contributed by atoms with Gasteiger partial charge in [0.25, 0.3) is 0 Å². The number of nitrogens with zero attached hydrogens (tertiary/aromatic N) is 4. The summed E-state index contributed by atoms with van der Waals surface area (Å²) in [6.07, 6.45) is 0. The minimum atomic E-state index is 0.492. The summed E-state index contributed by atoms with van der Waals surface area (Å²) in [4.78, 5) is 0. The molecule has 0 amide bonds. The highest BCUT2D eigenvalue weighted by atomic mass is 35.5. The second-order valence-electron chi connectivity index (χ2n) is 2.98. The van der Waals surface area contributed by atoms with Crippen LogP contribution in [0.2, 0.25) is 4.47 Å². The predicted octanol–water partition coefficient (Wildman–Crippen LogP) is 2.53. The summed E-state index contributed by atoms with van der Waals surface area (Å²) < 4.78 is 2.36. The maximum Gasteiger partial charge on any atom is 0.207 e. The molecule has 0 atom stereocenters. The molecule has 7 heteroatoms. The zero-order valence-electron chi connectivity index (χ0n) is 8.27. The lowest BCUT2D eigenvalue weighted by molar-refractivity contribution is 0.692. The van der Waals surface area contributed by atoms with Gasteiger partial charge in [-0.1, -0.05) is 23.1 Å². The first kappa shape index (κ1) is 10.9. The van der Waals surface area contributed by atoms with E-state index in [0.29, 0.717) is 4.47 Å². The number of hydrogen-bond donors (Lipinski definition) is 0. The van der Waals surface area contributed by atoms with Crippen LogP contribution in [0.25, 0.3) is 0 Å². The molecule has 0 fully saturated rings. The molecule has 2 aromatic heterocycles. The van der Waals surface area contributed by atoms with Crippen molar-refractivity contribution in [3.63, 3.8) is 0 Å². The lowest BCUT2D eigenvalue weighted by Gasteiger charge is -1.97. The van der Waals surface area contributed by atoms with E-state index >= 15 is 0 Å². The van der Waals surface area contributed by atoms with E-state index in [2.05, 4.69) is 15.3 Å². The van der Waals surface area contributed by atoms with Crippen LogP contribution in [0.1, 0.15) is 10.7 Å². The molecule has 2 rings (SSSR count). The topological polar surface area (TPSA) is 43.6 Å². The second kappa shape index (κ2) is 4.51. The molecule has 0 radical (unpaired) electrons. The quantitative estimate of drug-likeness (QED) is 0.796. The van der Waals surface area contributed by atoms with Crippen molar-refractivity contribution in [2.75, 3.05) is 0 Å². The molecular weight excluding hydrogens is 252 g/mol. The molecule has 80 valence electrons. The smallest absolute Gasteiger partial charge is 0.207 e. The third-order valence-corrected chi connectivity index (χ3v) is 4.04. The summed E-state index contributed by atoms with van der Waals surface area (Å²) in [7, 11) is 1.93. The van der Waals surface area contributed by atoms with Crippen LogP contribution in [0.5, 0.6) is 0 Å². The van der Waals surface area contributed by atoms with E-state index in [1.54, 1.807) is 11.8 Å². The van der Waals surface area contributed by atoms with Crippen LogP contribution in [-0.4, -0.2) is 20.0 Å². The van der Waals surface area contributed by atoms with Crippen molar-refractivity contribution in [1.82, 2.24) is 20.0 Å². The SMILES string of the molecule is Cc1cc(SCc2nnc(Cl)s2)n(C)n1. The van der Waals surface area contributed by atoms with Crippen LogP contribution in [-0.2, 0) is 12.8 Å². The van der Waals surface area contributed by atoms with Gasteiger partial charge in [-0.15, -0.1) is 10.2 Å². The Morgan fingerprint density at radius 2 is 2.33 bits per heavy atom. The highest BCUT2D eigenvalue weighted by Crippen LogP contribution is 2.25. The normalized spacial score (nSPS) is 10.9. The largest absolute Gasteiger partial charge is 0.262 e. The molecule has 15 heavy (non-hydrogen) atoms. The molecule has 0 aliphatic carbocycles. The van der Waals surface area contributed by atoms with Gasteiger partial charge in [0.2, 0.25) is 4.47 Å². The summed E-state index contributed by atoms with van der Waals surface area (Å²) in [5.74, 6) is 0.781. The molecule has 0 saturated heterocycles. The first-order valence-electron chi connectivity index (χ1n) is 4.26. The standard InChI is InChI=1S/C8H9ClN4S2/c1-5-3-7(13(2)12-5)14-4-6-10-11-8(9)15-6/h3H,4H2,1-2H3. The van der Waals surface area contributed by atoms with E-state index < -0.39 is 0 Å². The van der Waals surface area contributed by atoms with Gasteiger partial charge in [-0.3, -0.25) is 4.68 Å². The lowest BCUT2D eigenvalue weighted by atomic mass is 10.5. The van der Waals surface area contributed by atoms with Crippen molar-refractivity contribution in [3.05, 3.63) is 21.2 Å². The second-order valence-corrected chi connectivity index (χ2v) is 5.62. The van der Waals surface area contributed by atoms with Gasteiger partial charge in [-0.05, 0) is 24.6 Å². The molecule has 2 aromatic rings. The number of thioether (sulfide) groups is 1. The molecule has 0 aliphatic rings. The van der Waals surface area contributed by atoms with Crippen LogP contribution < -0.4 is 0 Å². The molecule has 0 aliphatic heterocycles. The number of aromatic nitrogens is 4. The Bertz CT molecular complexity index is 465. The molecule has 0 bridgehead atoms. The van der Waals surface area contributed by atoms with Crippen molar-refractivity contribution < 1.29 is 0 Å². The average Bonchev–Trinajstić information content (AvgIpc) is 2.70. The van der Waals surface area contributed by atoms with Crippen LogP contribution in [0.3, 0.4) is 0 Å². The van der Waals surface area contributed by atoms with Gasteiger partial charge in [0.1, 0.15) is 5.01 Å². The zero-order valence-corrected chi connectivity index (χ0v) is 10.7. The fraction of sp³-hybridized carbons (Fsp3) is 0.375. The Balaban J connectivity index is 2.01. The Morgan fingerprint density at radius 1 is 1.53 bits per heavy atom. The first-order valence-corrected chi connectivity index (χ1v) is 6.44. The fourth-order valence-electron chi connectivity index (χ4n) is 1.15. The summed E-state index contributed by atoms with van der Waals surface area (Å²) in [5.41, 5.74) is 1.02. The van der Waals surface area contributed by atoms with E-state index in [-0.39, 0.29) is 0 Å². The molecule has 0 aromatic carbocycles. The maximum atomic E-state index is 5.70. The average molecular weight is 261 g/mol. The van der Waals surface area contributed by atoms with Gasteiger partial charge < -0.3 is 0 Å². The minimum Gasteiger partial charge on any atom is -0.262 e. The first-order chi connectivity index (χ1) is 7.15. The van der Waals surface area contributed by atoms with Crippen LogP contribution in [0.4, 0.5) is 0 Å². The number of aryl methyl sites for hydroxylation is 2. The Morgan fingerprint density at radius 3 is 2.87 bits per heavy atom. The van der Waals surface area contributed by atoms with E-state index in [0.717, 1.165) is 21.5 Å². The van der Waals surface area contributed by atoms with Crippen LogP contribution in [0, 0.1) is 6.92 Å². The Kier molecular flexibility index (Phi) is 3.28. The summed E-state index contributed by atoms with van der Waals surface area (Å²) >= 11 is 8.79. The molecule has 0 unspecified atom stereocenters. The summed E-state index contributed by atoms with van der Waals surface area (Å²) in [6, 6.07) is 2.05. The molecular formula is C8H9ClN4S2. The Hall–Kier alpha value is -0.590. The number of rotatable bonds is 3. The monoisotopic (exact) mass is 260 g/mol. The third-order valence-electron chi connectivity index (χ3n) is 1.74. The van der Waals surface area contributed by atoms with Crippen LogP contribution in [0.15, 0.2) is 11.1 Å². The van der Waals surface area contributed by atoms with Crippen molar-refractivity contribution in [2.24, 2.45) is 7.05 Å². The van der Waals surface area contributed by atoms with Gasteiger partial charge in [-0.25, -0.2) is 0 Å². The maximum absolute atomic E-state index is 5.70. The zero-order chi connectivity index (χ0) is 10.8. The van der Waals surface area contributed by atoms with Gasteiger partial charge in [0, 0.05) is 7.05 Å².